The van der Waals surface area contributed by atoms with Crippen molar-refractivity contribution in [1.29, 1.82) is 0 Å². The summed E-state index contributed by atoms with van der Waals surface area (Å²) >= 11 is 6.33. The smallest absolute Gasteiger partial charge is 0.257 e. The number of halogens is 1. The lowest BCUT2D eigenvalue weighted by Gasteiger charge is -2.41. The molecule has 2 rings (SSSR count). The maximum absolute atomic E-state index is 12.7. The molecule has 2 heterocycles. The van der Waals surface area contributed by atoms with Gasteiger partial charge in [0, 0.05) is 24.0 Å². The number of hydrogen-bond donors (Lipinski definition) is 0. The SMILES string of the molecule is Cc1oc(C)c(C(=O)N2CCC(Cl)C(C)(C)C2)c1C. The minimum absolute atomic E-state index is 0.0456. The average Bonchev–Trinajstić information content (AvgIpc) is 2.56. The monoisotopic (exact) mass is 283 g/mol. The molecule has 1 aromatic rings. The number of alkyl halides is 1. The summed E-state index contributed by atoms with van der Waals surface area (Å²) in [6.45, 7) is 11.3. The van der Waals surface area contributed by atoms with Gasteiger partial charge in [-0.3, -0.25) is 4.79 Å². The predicted octanol–water partition coefficient (Wildman–Crippen LogP) is 3.68. The van der Waals surface area contributed by atoms with E-state index in [1.165, 1.54) is 0 Å². The van der Waals surface area contributed by atoms with Crippen LogP contribution in [0.15, 0.2) is 4.42 Å². The third kappa shape index (κ3) is 2.53. The highest BCUT2D eigenvalue weighted by molar-refractivity contribution is 6.21. The van der Waals surface area contributed by atoms with Gasteiger partial charge in [-0.05, 0) is 32.6 Å². The number of furan rings is 1. The lowest BCUT2D eigenvalue weighted by Crippen LogP contribution is -2.49. The fourth-order valence-corrected chi connectivity index (χ4v) is 2.94. The minimum Gasteiger partial charge on any atom is -0.466 e. The number of rotatable bonds is 1. The van der Waals surface area contributed by atoms with Crippen LogP contribution in [0.2, 0.25) is 0 Å². The second-order valence-corrected chi connectivity index (χ2v) is 6.71. The van der Waals surface area contributed by atoms with Gasteiger partial charge in [0.05, 0.1) is 5.56 Å². The van der Waals surface area contributed by atoms with Gasteiger partial charge in [-0.2, -0.15) is 0 Å². The van der Waals surface area contributed by atoms with Crippen LogP contribution in [-0.4, -0.2) is 29.3 Å². The Morgan fingerprint density at radius 1 is 1.32 bits per heavy atom. The van der Waals surface area contributed by atoms with Crippen molar-refractivity contribution < 1.29 is 9.21 Å². The Bertz CT molecular complexity index is 504. The van der Waals surface area contributed by atoms with Gasteiger partial charge >= 0.3 is 0 Å². The predicted molar refractivity (Wildman–Crippen MR) is 76.9 cm³/mol. The molecule has 0 bridgehead atoms. The van der Waals surface area contributed by atoms with Gasteiger partial charge < -0.3 is 9.32 Å². The van der Waals surface area contributed by atoms with E-state index in [0.29, 0.717) is 12.3 Å². The van der Waals surface area contributed by atoms with Crippen LogP contribution in [0, 0.1) is 26.2 Å². The number of nitrogens with zero attached hydrogens (tertiary/aromatic N) is 1. The molecular weight excluding hydrogens is 262 g/mol. The third-order valence-corrected chi connectivity index (χ3v) is 4.97. The molecule has 19 heavy (non-hydrogen) atoms. The molecule has 0 aromatic carbocycles. The van der Waals surface area contributed by atoms with Crippen LogP contribution < -0.4 is 0 Å². The van der Waals surface area contributed by atoms with Crippen molar-refractivity contribution in [3.8, 4) is 0 Å². The van der Waals surface area contributed by atoms with Crippen LogP contribution in [-0.2, 0) is 0 Å². The van der Waals surface area contributed by atoms with Crippen molar-refractivity contribution >= 4 is 17.5 Å². The molecule has 1 aliphatic heterocycles. The summed E-state index contributed by atoms with van der Waals surface area (Å²) in [5.74, 6) is 1.61. The van der Waals surface area contributed by atoms with Crippen LogP contribution in [0.5, 0.6) is 0 Å². The molecule has 1 amide bonds. The average molecular weight is 284 g/mol. The number of hydrogen-bond acceptors (Lipinski definition) is 2. The molecule has 1 aliphatic rings. The van der Waals surface area contributed by atoms with Crippen LogP contribution in [0.25, 0.3) is 0 Å². The molecule has 3 nitrogen and oxygen atoms in total. The maximum Gasteiger partial charge on any atom is 0.257 e. The normalized spacial score (nSPS) is 22.6. The number of amides is 1. The Hall–Kier alpha value is -0.960. The van der Waals surface area contributed by atoms with Gasteiger partial charge in [0.15, 0.2) is 0 Å². The first-order valence-electron chi connectivity index (χ1n) is 6.74. The van der Waals surface area contributed by atoms with Gasteiger partial charge in [-0.1, -0.05) is 13.8 Å². The first-order chi connectivity index (χ1) is 8.74. The zero-order chi connectivity index (χ0) is 14.4. The molecule has 1 saturated heterocycles. The number of likely N-dealkylation sites (tertiary alicyclic amines) is 1. The van der Waals surface area contributed by atoms with Crippen LogP contribution in [0.3, 0.4) is 0 Å². The van der Waals surface area contributed by atoms with E-state index in [0.717, 1.165) is 29.9 Å². The zero-order valence-corrected chi connectivity index (χ0v) is 13.1. The highest BCUT2D eigenvalue weighted by Gasteiger charge is 2.37. The van der Waals surface area contributed by atoms with E-state index in [2.05, 4.69) is 13.8 Å². The van der Waals surface area contributed by atoms with Crippen molar-refractivity contribution in [2.45, 2.75) is 46.4 Å². The fraction of sp³-hybridized carbons (Fsp3) is 0.667. The molecule has 1 atom stereocenters. The van der Waals surface area contributed by atoms with E-state index in [9.17, 15) is 4.79 Å². The molecule has 4 heteroatoms. The van der Waals surface area contributed by atoms with Crippen LogP contribution >= 0.6 is 11.6 Å². The Morgan fingerprint density at radius 2 is 1.95 bits per heavy atom. The summed E-state index contributed by atoms with van der Waals surface area (Å²) < 4.78 is 5.56. The van der Waals surface area contributed by atoms with Gasteiger partial charge in [0.25, 0.3) is 5.91 Å². The van der Waals surface area contributed by atoms with E-state index in [-0.39, 0.29) is 16.7 Å². The zero-order valence-electron chi connectivity index (χ0n) is 12.3. The van der Waals surface area contributed by atoms with E-state index < -0.39 is 0 Å². The highest BCUT2D eigenvalue weighted by Crippen LogP contribution is 2.34. The Morgan fingerprint density at radius 3 is 2.42 bits per heavy atom. The second-order valence-electron chi connectivity index (χ2n) is 6.19. The molecular formula is C15H22ClNO2. The second kappa shape index (κ2) is 4.86. The molecule has 1 aromatic heterocycles. The highest BCUT2D eigenvalue weighted by atomic mass is 35.5. The standard InChI is InChI=1S/C15H22ClNO2/c1-9-10(2)19-11(3)13(9)14(18)17-7-6-12(16)15(4,5)8-17/h12H,6-8H2,1-5H3. The summed E-state index contributed by atoms with van der Waals surface area (Å²) in [5, 5.41) is 0.129. The number of carbonyl (C=O) groups is 1. The van der Waals surface area contributed by atoms with Crippen molar-refractivity contribution in [2.24, 2.45) is 5.41 Å². The van der Waals surface area contributed by atoms with Crippen molar-refractivity contribution in [2.75, 3.05) is 13.1 Å². The summed E-state index contributed by atoms with van der Waals surface area (Å²) in [5.41, 5.74) is 1.63. The summed E-state index contributed by atoms with van der Waals surface area (Å²) in [6, 6.07) is 0. The number of piperidine rings is 1. The first-order valence-corrected chi connectivity index (χ1v) is 7.17. The first kappa shape index (κ1) is 14.4. The molecule has 0 radical (unpaired) electrons. The van der Waals surface area contributed by atoms with Gasteiger partial charge in [0.1, 0.15) is 11.5 Å². The largest absolute Gasteiger partial charge is 0.466 e. The van der Waals surface area contributed by atoms with Crippen molar-refractivity contribution in [3.63, 3.8) is 0 Å². The molecule has 0 saturated carbocycles. The lowest BCUT2D eigenvalue weighted by atomic mass is 9.83. The van der Waals surface area contributed by atoms with Crippen molar-refractivity contribution in [3.05, 3.63) is 22.6 Å². The van der Waals surface area contributed by atoms with E-state index in [1.807, 2.05) is 25.7 Å². The Labute approximate surface area is 119 Å². The van der Waals surface area contributed by atoms with Crippen molar-refractivity contribution in [1.82, 2.24) is 4.90 Å². The topological polar surface area (TPSA) is 33.5 Å². The minimum atomic E-state index is -0.0456. The van der Waals surface area contributed by atoms with E-state index in [4.69, 9.17) is 16.0 Å². The molecule has 1 fully saturated rings. The maximum atomic E-state index is 12.7. The third-order valence-electron chi connectivity index (χ3n) is 4.16. The number of aryl methyl sites for hydroxylation is 2. The molecule has 106 valence electrons. The van der Waals surface area contributed by atoms with Crippen LogP contribution in [0.4, 0.5) is 0 Å². The van der Waals surface area contributed by atoms with E-state index in [1.54, 1.807) is 0 Å². The fourth-order valence-electron chi connectivity index (χ4n) is 2.77. The lowest BCUT2D eigenvalue weighted by molar-refractivity contribution is 0.0590. The Kier molecular flexibility index (Phi) is 3.69. The van der Waals surface area contributed by atoms with Gasteiger partial charge in [0.2, 0.25) is 0 Å². The summed E-state index contributed by atoms with van der Waals surface area (Å²) in [4.78, 5) is 14.6. The summed E-state index contributed by atoms with van der Waals surface area (Å²) in [6.07, 6.45) is 0.842. The van der Waals surface area contributed by atoms with E-state index >= 15 is 0 Å². The summed E-state index contributed by atoms with van der Waals surface area (Å²) in [7, 11) is 0. The van der Waals surface area contributed by atoms with Gasteiger partial charge in [-0.15, -0.1) is 11.6 Å². The quantitative estimate of drug-likeness (QED) is 0.737. The Balaban J connectivity index is 2.26. The van der Waals surface area contributed by atoms with Crippen LogP contribution in [0.1, 0.15) is 47.7 Å². The molecule has 0 spiro atoms. The molecule has 1 unspecified atom stereocenters. The molecule has 0 N–H and O–H groups in total. The number of carbonyl (C=O) groups excluding carboxylic acids is 1. The van der Waals surface area contributed by atoms with Gasteiger partial charge in [-0.25, -0.2) is 0 Å². The molecule has 0 aliphatic carbocycles.